The summed E-state index contributed by atoms with van der Waals surface area (Å²) < 4.78 is 32.0. The molecule has 0 bridgehead atoms. The zero-order valence-electron chi connectivity index (χ0n) is 7.71. The summed E-state index contributed by atoms with van der Waals surface area (Å²) in [4.78, 5) is 9.73. The lowest BCUT2D eigenvalue weighted by atomic mass is 10.4. The third-order valence-corrected chi connectivity index (χ3v) is 1.66. The fraction of sp³-hybridized carbons (Fsp3) is 0. The van der Waals surface area contributed by atoms with Gasteiger partial charge in [0.1, 0.15) is 5.52 Å². The predicted molar refractivity (Wildman–Crippen MR) is 59.9 cm³/mol. The van der Waals surface area contributed by atoms with Crippen LogP contribution in [0, 0.1) is 4.77 Å². The zero-order chi connectivity index (χ0) is 12.3. The SMILES string of the molecule is Nc1nc(=S)[nH]c2cc[nH]c12.O=S(=O)(O)O. The maximum atomic E-state index is 8.74. The van der Waals surface area contributed by atoms with Gasteiger partial charge in [-0.2, -0.15) is 8.42 Å². The summed E-state index contributed by atoms with van der Waals surface area (Å²) >= 11 is 4.83. The quantitative estimate of drug-likeness (QED) is 0.345. The third-order valence-electron chi connectivity index (χ3n) is 1.47. The van der Waals surface area contributed by atoms with Crippen LogP contribution in [0.15, 0.2) is 12.3 Å². The lowest BCUT2D eigenvalue weighted by Gasteiger charge is -1.93. The number of H-pyrrole nitrogens is 2. The van der Waals surface area contributed by atoms with Gasteiger partial charge in [-0.05, 0) is 18.3 Å². The Morgan fingerprint density at radius 1 is 1.44 bits per heavy atom. The first kappa shape index (κ1) is 12.6. The van der Waals surface area contributed by atoms with Crippen molar-refractivity contribution >= 4 is 39.5 Å². The maximum absolute atomic E-state index is 8.74. The Morgan fingerprint density at radius 2 is 2.00 bits per heavy atom. The van der Waals surface area contributed by atoms with E-state index in [1.54, 1.807) is 6.20 Å². The predicted octanol–water partition coefficient (Wildman–Crippen LogP) is 0.550. The molecule has 2 aromatic heterocycles. The highest BCUT2D eigenvalue weighted by molar-refractivity contribution is 7.79. The number of aromatic amines is 2. The van der Waals surface area contributed by atoms with Gasteiger partial charge in [0.25, 0.3) is 0 Å². The summed E-state index contributed by atoms with van der Waals surface area (Å²) in [6, 6.07) is 1.86. The number of fused-ring (bicyclic) bond motifs is 1. The van der Waals surface area contributed by atoms with Gasteiger partial charge in [0.2, 0.25) is 0 Å². The van der Waals surface area contributed by atoms with Gasteiger partial charge in [-0.15, -0.1) is 0 Å². The molecule has 0 unspecified atom stereocenters. The Labute approximate surface area is 95.1 Å². The number of hydrogen-bond donors (Lipinski definition) is 5. The van der Waals surface area contributed by atoms with Crippen LogP contribution in [0.25, 0.3) is 11.0 Å². The molecule has 10 heteroatoms. The zero-order valence-corrected chi connectivity index (χ0v) is 9.34. The van der Waals surface area contributed by atoms with Crippen LogP contribution in [-0.2, 0) is 10.4 Å². The number of hydrogen-bond acceptors (Lipinski definition) is 5. The van der Waals surface area contributed by atoms with E-state index < -0.39 is 10.4 Å². The molecule has 0 aliphatic heterocycles. The monoisotopic (exact) mass is 264 g/mol. The summed E-state index contributed by atoms with van der Waals surface area (Å²) in [6.07, 6.45) is 1.79. The highest BCUT2D eigenvalue weighted by Gasteiger charge is 1.98. The minimum atomic E-state index is -4.67. The number of nitrogens with one attached hydrogen (secondary N) is 2. The van der Waals surface area contributed by atoms with Gasteiger partial charge in [0, 0.05) is 6.20 Å². The van der Waals surface area contributed by atoms with Gasteiger partial charge in [-0.3, -0.25) is 9.11 Å². The Morgan fingerprint density at radius 3 is 2.56 bits per heavy atom. The molecule has 0 atom stereocenters. The highest BCUT2D eigenvalue weighted by Crippen LogP contribution is 2.13. The fourth-order valence-corrected chi connectivity index (χ4v) is 1.20. The van der Waals surface area contributed by atoms with Crippen LogP contribution < -0.4 is 5.73 Å². The van der Waals surface area contributed by atoms with E-state index in [1.165, 1.54) is 0 Å². The smallest absolute Gasteiger partial charge is 0.382 e. The van der Waals surface area contributed by atoms with Crippen LogP contribution in [-0.4, -0.2) is 32.5 Å². The normalized spacial score (nSPS) is 10.9. The molecule has 2 aromatic rings. The van der Waals surface area contributed by atoms with Crippen molar-refractivity contribution in [1.82, 2.24) is 15.0 Å². The Kier molecular flexibility index (Phi) is 3.59. The molecular weight excluding hydrogens is 256 g/mol. The Hall–Kier alpha value is -1.49. The van der Waals surface area contributed by atoms with Crippen molar-refractivity contribution in [3.8, 4) is 0 Å². The van der Waals surface area contributed by atoms with Crippen molar-refractivity contribution in [2.24, 2.45) is 0 Å². The highest BCUT2D eigenvalue weighted by atomic mass is 32.3. The second kappa shape index (κ2) is 4.57. The molecule has 88 valence electrons. The topological polar surface area (TPSA) is 145 Å². The van der Waals surface area contributed by atoms with E-state index >= 15 is 0 Å². The largest absolute Gasteiger partial charge is 0.394 e. The number of nitrogens with zero attached hydrogens (tertiary/aromatic N) is 1. The van der Waals surface area contributed by atoms with Crippen LogP contribution in [0.2, 0.25) is 0 Å². The molecule has 0 saturated carbocycles. The van der Waals surface area contributed by atoms with E-state index in [9.17, 15) is 0 Å². The van der Waals surface area contributed by atoms with Crippen molar-refractivity contribution in [3.63, 3.8) is 0 Å². The standard InChI is InChI=1S/C6H6N4S.H2O4S/c7-5-4-3(1-2-8-4)9-6(11)10-5;1-5(2,3)4/h1-2,8H,(H3,7,9,10,11);(H2,1,2,3,4). The average molecular weight is 264 g/mol. The van der Waals surface area contributed by atoms with Crippen molar-refractivity contribution in [2.75, 3.05) is 5.73 Å². The van der Waals surface area contributed by atoms with E-state index in [0.29, 0.717) is 10.6 Å². The van der Waals surface area contributed by atoms with Crippen LogP contribution in [0.3, 0.4) is 0 Å². The summed E-state index contributed by atoms with van der Waals surface area (Å²) in [5.74, 6) is 0.439. The number of rotatable bonds is 0. The Balaban J connectivity index is 0.000000221. The molecule has 0 amide bonds. The van der Waals surface area contributed by atoms with Crippen molar-refractivity contribution in [2.45, 2.75) is 0 Å². The summed E-state index contributed by atoms with van der Waals surface area (Å²) in [7, 11) is -4.67. The van der Waals surface area contributed by atoms with Crippen LogP contribution in [0.1, 0.15) is 0 Å². The lowest BCUT2D eigenvalue weighted by Crippen LogP contribution is -1.93. The minimum absolute atomic E-state index is 0.412. The van der Waals surface area contributed by atoms with Crippen LogP contribution in [0.4, 0.5) is 5.82 Å². The average Bonchev–Trinajstić information content (AvgIpc) is 2.47. The molecule has 2 rings (SSSR count). The van der Waals surface area contributed by atoms with Crippen LogP contribution >= 0.6 is 12.2 Å². The van der Waals surface area contributed by atoms with Gasteiger partial charge < -0.3 is 15.7 Å². The number of nitrogens with two attached hydrogens (primary N) is 1. The molecule has 8 nitrogen and oxygen atoms in total. The lowest BCUT2D eigenvalue weighted by molar-refractivity contribution is 0.381. The molecular formula is C6H8N4O4S2. The Bertz CT molecular complexity index is 636. The second-order valence-electron chi connectivity index (χ2n) is 2.64. The third kappa shape index (κ3) is 3.94. The van der Waals surface area contributed by atoms with E-state index in [-0.39, 0.29) is 0 Å². The fourth-order valence-electron chi connectivity index (χ4n) is 0.994. The number of anilines is 1. The van der Waals surface area contributed by atoms with E-state index in [1.807, 2.05) is 6.07 Å². The van der Waals surface area contributed by atoms with E-state index in [0.717, 1.165) is 11.0 Å². The van der Waals surface area contributed by atoms with Gasteiger partial charge in [0.15, 0.2) is 10.6 Å². The summed E-state index contributed by atoms with van der Waals surface area (Å²) in [5, 5.41) is 0. The first-order valence-electron chi connectivity index (χ1n) is 3.80. The molecule has 2 heterocycles. The van der Waals surface area contributed by atoms with Crippen LogP contribution in [0.5, 0.6) is 0 Å². The van der Waals surface area contributed by atoms with Crippen molar-refractivity contribution < 1.29 is 17.5 Å². The summed E-state index contributed by atoms with van der Waals surface area (Å²) in [5.41, 5.74) is 7.27. The molecule has 0 fully saturated rings. The van der Waals surface area contributed by atoms with E-state index in [2.05, 4.69) is 15.0 Å². The molecule has 6 N–H and O–H groups in total. The van der Waals surface area contributed by atoms with Gasteiger partial charge >= 0.3 is 10.4 Å². The van der Waals surface area contributed by atoms with Crippen molar-refractivity contribution in [1.29, 1.82) is 0 Å². The molecule has 0 aliphatic rings. The molecule has 0 aliphatic carbocycles. The maximum Gasteiger partial charge on any atom is 0.394 e. The summed E-state index contributed by atoms with van der Waals surface area (Å²) in [6.45, 7) is 0. The van der Waals surface area contributed by atoms with Gasteiger partial charge in [-0.25, -0.2) is 4.98 Å². The molecule has 0 radical (unpaired) electrons. The minimum Gasteiger partial charge on any atom is -0.382 e. The first-order valence-corrected chi connectivity index (χ1v) is 5.60. The molecule has 16 heavy (non-hydrogen) atoms. The second-order valence-corrected chi connectivity index (χ2v) is 3.92. The number of nitrogen functional groups attached to an aromatic ring is 1. The van der Waals surface area contributed by atoms with Crippen molar-refractivity contribution in [3.05, 3.63) is 17.0 Å². The van der Waals surface area contributed by atoms with Gasteiger partial charge in [-0.1, -0.05) is 0 Å². The van der Waals surface area contributed by atoms with E-state index in [4.69, 9.17) is 35.5 Å². The number of aromatic nitrogens is 3. The molecule has 0 spiro atoms. The molecule has 0 saturated heterocycles. The van der Waals surface area contributed by atoms with Gasteiger partial charge in [0.05, 0.1) is 5.52 Å². The molecule has 0 aromatic carbocycles. The first-order chi connectivity index (χ1) is 7.27.